The Labute approximate surface area is 114 Å². The van der Waals surface area contributed by atoms with Gasteiger partial charge in [0.25, 0.3) is 0 Å². The fourth-order valence-corrected chi connectivity index (χ4v) is 2.92. The van der Waals surface area contributed by atoms with Crippen LogP contribution in [0.4, 0.5) is 0 Å². The second-order valence-electron chi connectivity index (χ2n) is 5.22. The molecule has 1 unspecified atom stereocenters. The van der Waals surface area contributed by atoms with E-state index in [4.69, 9.17) is 0 Å². The first kappa shape index (κ1) is 12.4. The normalized spacial score (nSPS) is 17.6. The monoisotopic (exact) mass is 255 g/mol. The topological polar surface area (TPSA) is 29.9 Å². The molecule has 1 N–H and O–H groups in total. The van der Waals surface area contributed by atoms with Crippen LogP contribution < -0.4 is 5.32 Å². The molecular formula is C16H21N3. The summed E-state index contributed by atoms with van der Waals surface area (Å²) in [6.07, 6.45) is 5.43. The molecule has 1 aliphatic rings. The highest BCUT2D eigenvalue weighted by atomic mass is 15.3. The SMILES string of the molecule is CCCn1nccc1CNC1CCc2ccccc21. The summed E-state index contributed by atoms with van der Waals surface area (Å²) >= 11 is 0. The van der Waals surface area contributed by atoms with Crippen molar-refractivity contribution in [3.05, 3.63) is 53.3 Å². The summed E-state index contributed by atoms with van der Waals surface area (Å²) in [5.41, 5.74) is 4.26. The van der Waals surface area contributed by atoms with Gasteiger partial charge in [-0.25, -0.2) is 0 Å². The summed E-state index contributed by atoms with van der Waals surface area (Å²) in [7, 11) is 0. The number of aromatic nitrogens is 2. The Morgan fingerprint density at radius 2 is 2.21 bits per heavy atom. The van der Waals surface area contributed by atoms with Crippen LogP contribution in [-0.4, -0.2) is 9.78 Å². The number of benzene rings is 1. The van der Waals surface area contributed by atoms with Crippen molar-refractivity contribution in [1.82, 2.24) is 15.1 Å². The summed E-state index contributed by atoms with van der Waals surface area (Å²) in [5.74, 6) is 0. The predicted molar refractivity (Wildman–Crippen MR) is 76.9 cm³/mol. The zero-order valence-corrected chi connectivity index (χ0v) is 11.5. The molecule has 1 atom stereocenters. The Morgan fingerprint density at radius 1 is 1.32 bits per heavy atom. The second kappa shape index (κ2) is 5.57. The quantitative estimate of drug-likeness (QED) is 0.890. The molecule has 1 aromatic heterocycles. The third kappa shape index (κ3) is 2.56. The largest absolute Gasteiger partial charge is 0.304 e. The van der Waals surface area contributed by atoms with Gasteiger partial charge in [0.2, 0.25) is 0 Å². The second-order valence-corrected chi connectivity index (χ2v) is 5.22. The van der Waals surface area contributed by atoms with Crippen LogP contribution in [0.3, 0.4) is 0 Å². The molecule has 19 heavy (non-hydrogen) atoms. The first-order chi connectivity index (χ1) is 9.38. The fraction of sp³-hybridized carbons (Fsp3) is 0.438. The molecule has 0 bridgehead atoms. The van der Waals surface area contributed by atoms with Crippen molar-refractivity contribution in [3.8, 4) is 0 Å². The summed E-state index contributed by atoms with van der Waals surface area (Å²) in [6.45, 7) is 4.09. The summed E-state index contributed by atoms with van der Waals surface area (Å²) in [5, 5.41) is 8.05. The molecule has 0 amide bonds. The van der Waals surface area contributed by atoms with E-state index in [1.165, 1.54) is 29.7 Å². The fourth-order valence-electron chi connectivity index (χ4n) is 2.92. The van der Waals surface area contributed by atoms with E-state index in [1.807, 2.05) is 6.20 Å². The van der Waals surface area contributed by atoms with Gasteiger partial charge in [0.05, 0.1) is 5.69 Å². The van der Waals surface area contributed by atoms with Crippen molar-refractivity contribution >= 4 is 0 Å². The molecule has 100 valence electrons. The van der Waals surface area contributed by atoms with E-state index in [0.717, 1.165) is 19.5 Å². The highest BCUT2D eigenvalue weighted by Gasteiger charge is 2.21. The first-order valence-corrected chi connectivity index (χ1v) is 7.20. The van der Waals surface area contributed by atoms with Crippen molar-refractivity contribution in [2.75, 3.05) is 0 Å². The minimum absolute atomic E-state index is 0.501. The maximum Gasteiger partial charge on any atom is 0.0522 e. The minimum atomic E-state index is 0.501. The van der Waals surface area contributed by atoms with Gasteiger partial charge < -0.3 is 5.32 Å². The molecule has 3 heteroatoms. The molecule has 0 spiro atoms. The highest BCUT2D eigenvalue weighted by Crippen LogP contribution is 2.30. The number of hydrogen-bond acceptors (Lipinski definition) is 2. The lowest BCUT2D eigenvalue weighted by Gasteiger charge is -2.14. The van der Waals surface area contributed by atoms with Crippen LogP contribution >= 0.6 is 0 Å². The van der Waals surface area contributed by atoms with Crippen molar-refractivity contribution in [2.45, 2.75) is 45.3 Å². The zero-order valence-electron chi connectivity index (χ0n) is 11.5. The molecular weight excluding hydrogens is 234 g/mol. The Balaban J connectivity index is 1.66. The number of nitrogens with zero attached hydrogens (tertiary/aromatic N) is 2. The Kier molecular flexibility index (Phi) is 3.65. The van der Waals surface area contributed by atoms with E-state index in [0.29, 0.717) is 6.04 Å². The van der Waals surface area contributed by atoms with Gasteiger partial charge in [-0.05, 0) is 36.5 Å². The van der Waals surface area contributed by atoms with Crippen molar-refractivity contribution in [1.29, 1.82) is 0 Å². The predicted octanol–water partition coefficient (Wildman–Crippen LogP) is 3.07. The minimum Gasteiger partial charge on any atom is -0.304 e. The van der Waals surface area contributed by atoms with Gasteiger partial charge in [-0.2, -0.15) is 5.10 Å². The van der Waals surface area contributed by atoms with Gasteiger partial charge in [0.15, 0.2) is 0 Å². The van der Waals surface area contributed by atoms with Gasteiger partial charge in [0, 0.05) is 25.3 Å². The molecule has 3 nitrogen and oxygen atoms in total. The van der Waals surface area contributed by atoms with Gasteiger partial charge in [-0.15, -0.1) is 0 Å². The molecule has 1 aromatic carbocycles. The van der Waals surface area contributed by atoms with Crippen LogP contribution in [0.25, 0.3) is 0 Å². The molecule has 3 rings (SSSR count). The Hall–Kier alpha value is -1.61. The van der Waals surface area contributed by atoms with E-state index in [1.54, 1.807) is 0 Å². The highest BCUT2D eigenvalue weighted by molar-refractivity contribution is 5.34. The van der Waals surface area contributed by atoms with Crippen LogP contribution in [-0.2, 0) is 19.5 Å². The standard InChI is InChI=1S/C16H21N3/c1-2-11-19-14(9-10-18-19)12-17-16-8-7-13-5-3-4-6-15(13)16/h3-6,9-10,16-17H,2,7-8,11-12H2,1H3. The van der Waals surface area contributed by atoms with Crippen LogP contribution in [0.5, 0.6) is 0 Å². The summed E-state index contributed by atoms with van der Waals surface area (Å²) in [6, 6.07) is 11.4. The molecule has 0 saturated heterocycles. The molecule has 1 aliphatic carbocycles. The van der Waals surface area contributed by atoms with Gasteiger partial charge >= 0.3 is 0 Å². The van der Waals surface area contributed by atoms with Crippen LogP contribution in [0.1, 0.15) is 42.6 Å². The molecule has 0 saturated carbocycles. The van der Waals surface area contributed by atoms with E-state index in [9.17, 15) is 0 Å². The summed E-state index contributed by atoms with van der Waals surface area (Å²) in [4.78, 5) is 0. The maximum absolute atomic E-state index is 4.37. The third-order valence-electron chi connectivity index (χ3n) is 3.90. The molecule has 1 heterocycles. The Morgan fingerprint density at radius 3 is 3.11 bits per heavy atom. The third-order valence-corrected chi connectivity index (χ3v) is 3.90. The zero-order chi connectivity index (χ0) is 13.1. The van der Waals surface area contributed by atoms with Crippen molar-refractivity contribution in [3.63, 3.8) is 0 Å². The first-order valence-electron chi connectivity index (χ1n) is 7.20. The lowest BCUT2D eigenvalue weighted by molar-refractivity contribution is 0.494. The van der Waals surface area contributed by atoms with Crippen LogP contribution in [0, 0.1) is 0 Å². The van der Waals surface area contributed by atoms with Crippen LogP contribution in [0.15, 0.2) is 36.5 Å². The number of fused-ring (bicyclic) bond motifs is 1. The number of hydrogen-bond donors (Lipinski definition) is 1. The number of aryl methyl sites for hydroxylation is 2. The van der Waals surface area contributed by atoms with E-state index in [-0.39, 0.29) is 0 Å². The summed E-state index contributed by atoms with van der Waals surface area (Å²) < 4.78 is 2.11. The van der Waals surface area contributed by atoms with Gasteiger partial charge in [-0.1, -0.05) is 31.2 Å². The molecule has 0 radical (unpaired) electrons. The number of nitrogens with one attached hydrogen (secondary N) is 1. The van der Waals surface area contributed by atoms with E-state index < -0.39 is 0 Å². The van der Waals surface area contributed by atoms with E-state index >= 15 is 0 Å². The molecule has 2 aromatic rings. The van der Waals surface area contributed by atoms with E-state index in [2.05, 4.69) is 52.4 Å². The van der Waals surface area contributed by atoms with Crippen molar-refractivity contribution in [2.24, 2.45) is 0 Å². The van der Waals surface area contributed by atoms with Gasteiger partial charge in [0.1, 0.15) is 0 Å². The maximum atomic E-state index is 4.37. The average molecular weight is 255 g/mol. The van der Waals surface area contributed by atoms with Crippen molar-refractivity contribution < 1.29 is 0 Å². The smallest absolute Gasteiger partial charge is 0.0522 e. The van der Waals surface area contributed by atoms with Gasteiger partial charge in [-0.3, -0.25) is 4.68 Å². The van der Waals surface area contributed by atoms with Crippen LogP contribution in [0.2, 0.25) is 0 Å². The Bertz CT molecular complexity index is 544. The molecule has 0 fully saturated rings. The lowest BCUT2D eigenvalue weighted by atomic mass is 10.1. The number of rotatable bonds is 5. The average Bonchev–Trinajstić information content (AvgIpc) is 3.04. The lowest BCUT2D eigenvalue weighted by Crippen LogP contribution is -2.21. The molecule has 0 aliphatic heterocycles.